The Bertz CT molecular complexity index is 543. The van der Waals surface area contributed by atoms with Crippen molar-refractivity contribution in [1.82, 2.24) is 10.3 Å². The fraction of sp³-hybridized carbons (Fsp3) is 0.308. The quantitative estimate of drug-likeness (QED) is 0.750. The molecule has 1 aromatic carbocycles. The van der Waals surface area contributed by atoms with Gasteiger partial charge in [0.1, 0.15) is 6.10 Å². The summed E-state index contributed by atoms with van der Waals surface area (Å²) in [7, 11) is 0. The zero-order valence-corrected chi connectivity index (χ0v) is 9.95. The maximum atomic E-state index is 11.3. The summed E-state index contributed by atoms with van der Waals surface area (Å²) < 4.78 is 0. The van der Waals surface area contributed by atoms with Gasteiger partial charge in [-0.2, -0.15) is 0 Å². The number of rotatable bonds is 3. The Balaban J connectivity index is 2.24. The fourth-order valence-electron chi connectivity index (χ4n) is 1.89. The number of nitrogens with one attached hydrogen (secondary N) is 2. The van der Waals surface area contributed by atoms with Gasteiger partial charge in [0.25, 0.3) is 0 Å². The summed E-state index contributed by atoms with van der Waals surface area (Å²) >= 11 is 0. The Hall–Kier alpha value is -1.81. The third-order valence-corrected chi connectivity index (χ3v) is 2.85. The van der Waals surface area contributed by atoms with Gasteiger partial charge in [0.15, 0.2) is 0 Å². The molecule has 0 aliphatic heterocycles. The number of aromatic amines is 1. The van der Waals surface area contributed by atoms with Gasteiger partial charge in [-0.15, -0.1) is 0 Å². The fourth-order valence-corrected chi connectivity index (χ4v) is 1.89. The molecule has 0 fully saturated rings. The zero-order chi connectivity index (χ0) is 12.4. The van der Waals surface area contributed by atoms with E-state index in [0.717, 1.165) is 22.2 Å². The van der Waals surface area contributed by atoms with Crippen molar-refractivity contribution in [2.24, 2.45) is 0 Å². The highest BCUT2D eigenvalue weighted by atomic mass is 16.3. The van der Waals surface area contributed by atoms with Crippen molar-refractivity contribution in [3.05, 3.63) is 35.5 Å². The minimum atomic E-state index is -0.972. The van der Waals surface area contributed by atoms with E-state index in [1.54, 1.807) is 0 Å². The summed E-state index contributed by atoms with van der Waals surface area (Å²) in [6, 6.07) is 7.96. The molecule has 1 unspecified atom stereocenters. The molecular formula is C13H16N2O2. The Labute approximate surface area is 99.7 Å². The summed E-state index contributed by atoms with van der Waals surface area (Å²) in [5.74, 6) is -0.352. The first kappa shape index (κ1) is 11.7. The van der Waals surface area contributed by atoms with Crippen molar-refractivity contribution in [2.75, 3.05) is 0 Å². The second-order valence-electron chi connectivity index (χ2n) is 4.17. The largest absolute Gasteiger partial charge is 0.384 e. The summed E-state index contributed by atoms with van der Waals surface area (Å²) in [6.07, 6.45) is -0.972. The number of H-pyrrole nitrogens is 1. The van der Waals surface area contributed by atoms with Crippen LogP contribution in [0.5, 0.6) is 0 Å². The van der Waals surface area contributed by atoms with E-state index >= 15 is 0 Å². The Morgan fingerprint density at radius 1 is 1.47 bits per heavy atom. The van der Waals surface area contributed by atoms with E-state index in [2.05, 4.69) is 10.3 Å². The number of aliphatic hydroxyl groups excluding tert-OH is 1. The molecule has 0 radical (unpaired) electrons. The number of aromatic nitrogens is 1. The highest BCUT2D eigenvalue weighted by Crippen LogP contribution is 2.21. The van der Waals surface area contributed by atoms with Gasteiger partial charge < -0.3 is 15.4 Å². The van der Waals surface area contributed by atoms with Crippen LogP contribution in [0.25, 0.3) is 10.9 Å². The number of aliphatic hydroxyl groups is 1. The second-order valence-corrected chi connectivity index (χ2v) is 4.17. The van der Waals surface area contributed by atoms with Crippen LogP contribution in [0.15, 0.2) is 24.3 Å². The monoisotopic (exact) mass is 232 g/mol. The third-order valence-electron chi connectivity index (χ3n) is 2.85. The van der Waals surface area contributed by atoms with Crippen LogP contribution in [0.2, 0.25) is 0 Å². The smallest absolute Gasteiger partial charge is 0.248 e. The molecule has 0 aliphatic carbocycles. The number of hydrogen-bond acceptors (Lipinski definition) is 2. The van der Waals surface area contributed by atoms with Crippen LogP contribution in [0, 0.1) is 6.92 Å². The Morgan fingerprint density at radius 2 is 2.18 bits per heavy atom. The molecule has 90 valence electrons. The molecule has 2 aromatic rings. The van der Waals surface area contributed by atoms with Gasteiger partial charge in [-0.3, -0.25) is 4.79 Å². The van der Waals surface area contributed by atoms with Crippen molar-refractivity contribution in [1.29, 1.82) is 0 Å². The minimum absolute atomic E-state index is 0.352. The summed E-state index contributed by atoms with van der Waals surface area (Å²) in [5.41, 5.74) is 3.16. The number of fused-ring (bicyclic) bond motifs is 1. The molecule has 1 heterocycles. The molecule has 4 nitrogen and oxygen atoms in total. The van der Waals surface area contributed by atoms with Crippen LogP contribution in [-0.2, 0) is 11.3 Å². The van der Waals surface area contributed by atoms with Crippen molar-refractivity contribution in [3.8, 4) is 0 Å². The van der Waals surface area contributed by atoms with E-state index in [-0.39, 0.29) is 5.91 Å². The molecule has 0 saturated heterocycles. The second kappa shape index (κ2) is 4.59. The molecule has 17 heavy (non-hydrogen) atoms. The van der Waals surface area contributed by atoms with E-state index in [1.165, 1.54) is 6.92 Å². The van der Waals surface area contributed by atoms with Gasteiger partial charge in [0, 0.05) is 23.1 Å². The molecule has 4 heteroatoms. The van der Waals surface area contributed by atoms with Crippen LogP contribution in [-0.4, -0.2) is 22.1 Å². The van der Waals surface area contributed by atoms with Crippen LogP contribution >= 0.6 is 0 Å². The normalized spacial score (nSPS) is 12.6. The van der Waals surface area contributed by atoms with Crippen molar-refractivity contribution >= 4 is 16.8 Å². The molecule has 0 aliphatic rings. The third kappa shape index (κ3) is 2.31. The zero-order valence-electron chi connectivity index (χ0n) is 9.95. The SMILES string of the molecule is Cc1[nH]c2ccccc2c1CNC(=O)C(C)O. The molecule has 0 bridgehead atoms. The van der Waals surface area contributed by atoms with Crippen molar-refractivity contribution in [3.63, 3.8) is 0 Å². The highest BCUT2D eigenvalue weighted by molar-refractivity contribution is 5.85. The molecule has 0 spiro atoms. The van der Waals surface area contributed by atoms with E-state index in [0.29, 0.717) is 6.54 Å². The Morgan fingerprint density at radius 3 is 2.88 bits per heavy atom. The molecule has 1 aromatic heterocycles. The maximum Gasteiger partial charge on any atom is 0.248 e. The van der Waals surface area contributed by atoms with Gasteiger partial charge in [0.2, 0.25) is 5.91 Å². The van der Waals surface area contributed by atoms with Crippen LogP contribution in [0.1, 0.15) is 18.2 Å². The average molecular weight is 232 g/mol. The first-order valence-electron chi connectivity index (χ1n) is 5.61. The number of hydrogen-bond donors (Lipinski definition) is 3. The van der Waals surface area contributed by atoms with Gasteiger partial charge >= 0.3 is 0 Å². The first-order chi connectivity index (χ1) is 8.09. The molecule has 1 atom stereocenters. The number of amides is 1. The number of para-hydroxylation sites is 1. The highest BCUT2D eigenvalue weighted by Gasteiger charge is 2.11. The van der Waals surface area contributed by atoms with Gasteiger partial charge in [-0.25, -0.2) is 0 Å². The number of aryl methyl sites for hydroxylation is 1. The van der Waals surface area contributed by atoms with E-state index in [1.807, 2.05) is 31.2 Å². The molecule has 0 saturated carbocycles. The molecule has 2 rings (SSSR count). The maximum absolute atomic E-state index is 11.3. The average Bonchev–Trinajstić information content (AvgIpc) is 2.61. The molecule has 3 N–H and O–H groups in total. The van der Waals surface area contributed by atoms with Gasteiger partial charge in [0.05, 0.1) is 0 Å². The summed E-state index contributed by atoms with van der Waals surface area (Å²) in [5, 5.41) is 12.9. The van der Waals surface area contributed by atoms with E-state index in [4.69, 9.17) is 5.11 Å². The number of carbonyl (C=O) groups is 1. The van der Waals surface area contributed by atoms with Crippen LogP contribution < -0.4 is 5.32 Å². The van der Waals surface area contributed by atoms with E-state index in [9.17, 15) is 4.79 Å². The molecular weight excluding hydrogens is 216 g/mol. The van der Waals surface area contributed by atoms with Crippen LogP contribution in [0.4, 0.5) is 0 Å². The van der Waals surface area contributed by atoms with E-state index < -0.39 is 6.10 Å². The van der Waals surface area contributed by atoms with Crippen molar-refractivity contribution < 1.29 is 9.90 Å². The lowest BCUT2D eigenvalue weighted by molar-refractivity contribution is -0.128. The topological polar surface area (TPSA) is 65.1 Å². The van der Waals surface area contributed by atoms with Gasteiger partial charge in [-0.05, 0) is 25.5 Å². The molecule has 1 amide bonds. The number of carbonyl (C=O) groups excluding carboxylic acids is 1. The first-order valence-corrected chi connectivity index (χ1v) is 5.61. The summed E-state index contributed by atoms with van der Waals surface area (Å²) in [6.45, 7) is 3.86. The predicted molar refractivity (Wildman–Crippen MR) is 66.6 cm³/mol. The lowest BCUT2D eigenvalue weighted by Crippen LogP contribution is -2.32. The van der Waals surface area contributed by atoms with Crippen LogP contribution in [0.3, 0.4) is 0 Å². The minimum Gasteiger partial charge on any atom is -0.384 e. The number of benzene rings is 1. The lowest BCUT2D eigenvalue weighted by atomic mass is 10.1. The summed E-state index contributed by atoms with van der Waals surface area (Å²) in [4.78, 5) is 14.6. The van der Waals surface area contributed by atoms with Crippen molar-refractivity contribution in [2.45, 2.75) is 26.5 Å². The lowest BCUT2D eigenvalue weighted by Gasteiger charge is -2.07. The Kier molecular flexibility index (Phi) is 3.15. The standard InChI is InChI=1S/C13H16N2O2/c1-8-11(7-14-13(17)9(2)16)10-5-3-4-6-12(10)15-8/h3-6,9,15-16H,7H2,1-2H3,(H,14,17). The van der Waals surface area contributed by atoms with Gasteiger partial charge in [-0.1, -0.05) is 18.2 Å². The predicted octanol–water partition coefficient (Wildman–Crippen LogP) is 1.47.